The van der Waals surface area contributed by atoms with E-state index >= 15 is 0 Å². The van der Waals surface area contributed by atoms with Crippen molar-refractivity contribution in [3.63, 3.8) is 0 Å². The highest BCUT2D eigenvalue weighted by atomic mass is 32.2. The molecule has 1 unspecified atom stereocenters. The summed E-state index contributed by atoms with van der Waals surface area (Å²) in [5, 5.41) is 0. The molecule has 10 heavy (non-hydrogen) atoms. The van der Waals surface area contributed by atoms with Crippen molar-refractivity contribution >= 4 is 29.3 Å². The summed E-state index contributed by atoms with van der Waals surface area (Å²) in [6.45, 7) is 3.64. The van der Waals surface area contributed by atoms with Gasteiger partial charge in [-0.15, -0.1) is 0 Å². The Labute approximate surface area is 71.3 Å². The fourth-order valence-electron chi connectivity index (χ4n) is 0.696. The van der Waals surface area contributed by atoms with E-state index in [0.717, 1.165) is 0 Å². The highest BCUT2D eigenvalue weighted by molar-refractivity contribution is 8.16. The van der Waals surface area contributed by atoms with E-state index in [0.29, 0.717) is 4.58 Å². The van der Waals surface area contributed by atoms with Crippen molar-refractivity contribution in [1.29, 1.82) is 0 Å². The van der Waals surface area contributed by atoms with E-state index in [1.54, 1.807) is 30.4 Å². The summed E-state index contributed by atoms with van der Waals surface area (Å²) in [6, 6.07) is 0. The van der Waals surface area contributed by atoms with Gasteiger partial charge in [-0.3, -0.25) is 4.79 Å². The van der Waals surface area contributed by atoms with Crippen LogP contribution in [-0.2, 0) is 4.79 Å². The molecule has 0 rings (SSSR count). The summed E-state index contributed by atoms with van der Waals surface area (Å²) in [4.78, 5) is 10.9. The number of carbonyl (C=O) groups is 1. The van der Waals surface area contributed by atoms with Gasteiger partial charge in [0.2, 0.25) is 0 Å². The highest BCUT2D eigenvalue weighted by Crippen LogP contribution is 2.26. The van der Waals surface area contributed by atoms with Gasteiger partial charge in [0.15, 0.2) is 0 Å². The molecule has 0 saturated heterocycles. The van der Waals surface area contributed by atoms with Crippen LogP contribution in [0.1, 0.15) is 13.8 Å². The smallest absolute Gasteiger partial charge is 0.134 e. The first-order valence-corrected chi connectivity index (χ1v) is 5.77. The monoisotopic (exact) mass is 178 g/mol. The molecule has 0 aliphatic rings. The van der Waals surface area contributed by atoms with Crippen molar-refractivity contribution < 1.29 is 4.79 Å². The molecule has 0 aromatic heterocycles. The third-order valence-corrected chi connectivity index (χ3v) is 4.41. The number of carbonyl (C=O) groups excluding carboxylic acids is 1. The lowest BCUT2D eigenvalue weighted by Crippen LogP contribution is -2.17. The molecule has 3 heteroatoms. The average Bonchev–Trinajstić information content (AvgIpc) is 1.90. The summed E-state index contributed by atoms with van der Waals surface area (Å²) < 4.78 is 0.428. The van der Waals surface area contributed by atoms with Crippen molar-refractivity contribution in [1.82, 2.24) is 0 Å². The van der Waals surface area contributed by atoms with E-state index < -0.39 is 0 Å². The predicted octanol–water partition coefficient (Wildman–Crippen LogP) is 2.26. The van der Waals surface area contributed by atoms with Crippen LogP contribution in [0.25, 0.3) is 0 Å². The summed E-state index contributed by atoms with van der Waals surface area (Å²) in [5.41, 5.74) is 0. The van der Waals surface area contributed by atoms with Crippen LogP contribution in [0.15, 0.2) is 0 Å². The van der Waals surface area contributed by atoms with Gasteiger partial charge in [0.25, 0.3) is 0 Å². The van der Waals surface area contributed by atoms with Gasteiger partial charge in [-0.05, 0) is 19.4 Å². The molecule has 0 aromatic carbocycles. The predicted molar refractivity (Wildman–Crippen MR) is 50.7 cm³/mol. The van der Waals surface area contributed by atoms with E-state index in [9.17, 15) is 4.79 Å². The maximum atomic E-state index is 10.9. The third-order valence-electron chi connectivity index (χ3n) is 1.51. The van der Waals surface area contributed by atoms with Crippen LogP contribution in [0.3, 0.4) is 0 Å². The molecule has 0 N–H and O–H groups in total. The Bertz CT molecular complexity index is 110. The molecular weight excluding hydrogens is 164 g/mol. The summed E-state index contributed by atoms with van der Waals surface area (Å²) in [5.74, 6) is 0.471. The van der Waals surface area contributed by atoms with Crippen molar-refractivity contribution in [2.45, 2.75) is 18.4 Å². The van der Waals surface area contributed by atoms with Crippen LogP contribution in [-0.4, -0.2) is 22.9 Å². The first-order chi connectivity index (χ1) is 4.63. The molecule has 0 aliphatic heterocycles. The van der Waals surface area contributed by atoms with Crippen LogP contribution in [0, 0.1) is 5.92 Å². The second-order valence-electron chi connectivity index (χ2n) is 2.24. The largest absolute Gasteiger partial charge is 0.300 e. The molecule has 1 atom stereocenters. The number of ketones is 1. The molecule has 0 saturated carbocycles. The molecule has 0 aliphatic carbocycles. The maximum absolute atomic E-state index is 10.9. The normalized spacial score (nSPS) is 13.7. The summed E-state index contributed by atoms with van der Waals surface area (Å²) in [6.07, 6.45) is 4.08. The van der Waals surface area contributed by atoms with E-state index in [1.165, 1.54) is 0 Å². The number of Topliss-reactive ketones (excluding diaryl/α,β-unsaturated/α-hetero) is 1. The maximum Gasteiger partial charge on any atom is 0.134 e. The van der Waals surface area contributed by atoms with E-state index in [-0.39, 0.29) is 11.7 Å². The fraction of sp³-hybridized carbons (Fsp3) is 0.857. The summed E-state index contributed by atoms with van der Waals surface area (Å²) in [7, 11) is 0. The zero-order valence-corrected chi connectivity index (χ0v) is 8.51. The minimum absolute atomic E-state index is 0.185. The zero-order chi connectivity index (χ0) is 8.15. The number of rotatable bonds is 4. The lowest BCUT2D eigenvalue weighted by Gasteiger charge is -2.16. The number of thioether (sulfide) groups is 2. The molecule has 60 valence electrons. The quantitative estimate of drug-likeness (QED) is 0.615. The van der Waals surface area contributed by atoms with Crippen molar-refractivity contribution in [2.75, 3.05) is 12.5 Å². The molecule has 1 nitrogen and oxygen atoms in total. The number of hydrogen-bond donors (Lipinski definition) is 0. The van der Waals surface area contributed by atoms with Crippen molar-refractivity contribution in [3.05, 3.63) is 0 Å². The Balaban J connectivity index is 3.88. The Morgan fingerprint density at radius 2 is 1.70 bits per heavy atom. The van der Waals surface area contributed by atoms with Gasteiger partial charge in [-0.1, -0.05) is 6.92 Å². The first-order valence-electron chi connectivity index (χ1n) is 3.19. The van der Waals surface area contributed by atoms with Crippen LogP contribution in [0.4, 0.5) is 0 Å². The molecule has 0 spiro atoms. The van der Waals surface area contributed by atoms with Gasteiger partial charge in [-0.2, -0.15) is 23.5 Å². The second-order valence-corrected chi connectivity index (χ2v) is 4.50. The lowest BCUT2D eigenvalue weighted by molar-refractivity contribution is -0.119. The molecular formula is C7H14OS2. The second kappa shape index (κ2) is 5.08. The fourth-order valence-corrected chi connectivity index (χ4v) is 2.67. The molecule has 0 aromatic rings. The highest BCUT2D eigenvalue weighted by Gasteiger charge is 2.18. The topological polar surface area (TPSA) is 17.1 Å². The SMILES string of the molecule is CSC(SC)C(C)C(C)=O. The lowest BCUT2D eigenvalue weighted by atomic mass is 10.1. The van der Waals surface area contributed by atoms with Crippen LogP contribution >= 0.6 is 23.5 Å². The Kier molecular flexibility index (Phi) is 5.27. The zero-order valence-electron chi connectivity index (χ0n) is 6.88. The van der Waals surface area contributed by atoms with Crippen LogP contribution in [0.2, 0.25) is 0 Å². The third kappa shape index (κ3) is 2.97. The van der Waals surface area contributed by atoms with Crippen molar-refractivity contribution in [2.24, 2.45) is 5.92 Å². The van der Waals surface area contributed by atoms with Gasteiger partial charge >= 0.3 is 0 Å². The van der Waals surface area contributed by atoms with E-state index in [2.05, 4.69) is 0 Å². The minimum atomic E-state index is 0.185. The minimum Gasteiger partial charge on any atom is -0.300 e. The van der Waals surface area contributed by atoms with Crippen LogP contribution in [0.5, 0.6) is 0 Å². The standard InChI is InChI=1S/C7H14OS2/c1-5(6(2)8)7(9-3)10-4/h5,7H,1-4H3. The molecule has 0 bridgehead atoms. The van der Waals surface area contributed by atoms with Crippen LogP contribution < -0.4 is 0 Å². The van der Waals surface area contributed by atoms with Gasteiger partial charge in [0, 0.05) is 5.92 Å². The molecule has 0 fully saturated rings. The first kappa shape index (κ1) is 10.4. The summed E-state index contributed by atoms with van der Waals surface area (Å²) >= 11 is 3.50. The molecule has 0 heterocycles. The van der Waals surface area contributed by atoms with Gasteiger partial charge in [0.1, 0.15) is 5.78 Å². The molecule has 0 amide bonds. The Hall–Kier alpha value is 0.370. The van der Waals surface area contributed by atoms with Gasteiger partial charge < -0.3 is 0 Å². The van der Waals surface area contributed by atoms with E-state index in [4.69, 9.17) is 0 Å². The van der Waals surface area contributed by atoms with E-state index in [1.807, 2.05) is 19.4 Å². The van der Waals surface area contributed by atoms with Gasteiger partial charge in [-0.25, -0.2) is 0 Å². The number of hydrogen-bond acceptors (Lipinski definition) is 3. The Morgan fingerprint density at radius 3 is 1.80 bits per heavy atom. The van der Waals surface area contributed by atoms with Crippen molar-refractivity contribution in [3.8, 4) is 0 Å². The van der Waals surface area contributed by atoms with Gasteiger partial charge in [0.05, 0.1) is 4.58 Å². The molecule has 0 radical (unpaired) electrons. The average molecular weight is 178 g/mol. The Morgan fingerprint density at radius 1 is 1.30 bits per heavy atom.